The molecule has 0 bridgehead atoms. The number of hydrazine groups is 1. The van der Waals surface area contributed by atoms with Gasteiger partial charge in [0.05, 0.1) is 16.7 Å². The number of hydrogen-bond donors (Lipinski definition) is 3. The van der Waals surface area contributed by atoms with E-state index in [1.54, 1.807) is 6.07 Å². The van der Waals surface area contributed by atoms with Gasteiger partial charge in [-0.1, -0.05) is 53.5 Å². The first-order valence-electron chi connectivity index (χ1n) is 6.38. The summed E-state index contributed by atoms with van der Waals surface area (Å²) in [6, 6.07) is 11.4. The fraction of sp³-hybridized carbons (Fsp3) is 0.214. The zero-order chi connectivity index (χ0) is 15.2. The number of nitrogens with one attached hydrogen (secondary N) is 1. The van der Waals surface area contributed by atoms with E-state index in [-0.39, 0.29) is 6.61 Å². The van der Waals surface area contributed by atoms with E-state index in [1.165, 1.54) is 0 Å². The summed E-state index contributed by atoms with van der Waals surface area (Å²) < 4.78 is 0. The van der Waals surface area contributed by atoms with Crippen LogP contribution in [0.5, 0.6) is 0 Å². The first-order valence-corrected chi connectivity index (χ1v) is 7.13. The van der Waals surface area contributed by atoms with E-state index < -0.39 is 0 Å². The highest BCUT2D eigenvalue weighted by Gasteiger charge is 2.15. The average molecular weight is 327 g/mol. The third kappa shape index (κ3) is 3.98. The van der Waals surface area contributed by atoms with Crippen molar-refractivity contribution >= 4 is 34.8 Å². The van der Waals surface area contributed by atoms with Gasteiger partial charge in [0, 0.05) is 13.1 Å². The maximum Gasteiger partial charge on any atom is 0.161 e. The molecule has 1 aromatic carbocycles. The predicted molar refractivity (Wildman–Crippen MR) is 86.6 cm³/mol. The molecule has 0 saturated heterocycles. The molecule has 1 heterocycles. The highest BCUT2D eigenvalue weighted by atomic mass is 35.5. The monoisotopic (exact) mass is 326 g/mol. The van der Waals surface area contributed by atoms with Gasteiger partial charge in [-0.2, -0.15) is 0 Å². The average Bonchev–Trinajstić information content (AvgIpc) is 2.48. The Kier molecular flexibility index (Phi) is 5.64. The maximum absolute atomic E-state index is 9.27. The quantitative estimate of drug-likeness (QED) is 0.562. The smallest absolute Gasteiger partial charge is 0.161 e. The third-order valence-electron chi connectivity index (χ3n) is 2.93. The van der Waals surface area contributed by atoms with E-state index >= 15 is 0 Å². The second-order valence-corrected chi connectivity index (χ2v) is 5.21. The molecular weight excluding hydrogens is 311 g/mol. The summed E-state index contributed by atoms with van der Waals surface area (Å²) in [7, 11) is 0. The van der Waals surface area contributed by atoms with E-state index in [2.05, 4.69) is 10.4 Å². The fourth-order valence-corrected chi connectivity index (χ4v) is 2.50. The summed E-state index contributed by atoms with van der Waals surface area (Å²) in [6.07, 6.45) is 0. The molecule has 2 aromatic rings. The van der Waals surface area contributed by atoms with Gasteiger partial charge in [0.2, 0.25) is 0 Å². The van der Waals surface area contributed by atoms with Crippen LogP contribution in [0.25, 0.3) is 0 Å². The topological polar surface area (TPSA) is 74.4 Å². The Labute approximate surface area is 133 Å². The van der Waals surface area contributed by atoms with Gasteiger partial charge in [0.1, 0.15) is 5.82 Å². The molecule has 0 amide bonds. The summed E-state index contributed by atoms with van der Waals surface area (Å²) in [6.45, 7) is 0.950. The summed E-state index contributed by atoms with van der Waals surface area (Å²) in [5.41, 5.74) is 3.52. The zero-order valence-electron chi connectivity index (χ0n) is 11.3. The Balaban J connectivity index is 2.33. The molecule has 7 heteroatoms. The number of rotatable bonds is 6. The van der Waals surface area contributed by atoms with E-state index in [0.717, 1.165) is 5.56 Å². The van der Waals surface area contributed by atoms with Crippen LogP contribution in [0.15, 0.2) is 36.4 Å². The third-order valence-corrected chi connectivity index (χ3v) is 3.50. The van der Waals surface area contributed by atoms with Gasteiger partial charge in [-0.25, -0.2) is 10.8 Å². The number of anilines is 2. The highest BCUT2D eigenvalue weighted by Crippen LogP contribution is 2.31. The zero-order valence-corrected chi connectivity index (χ0v) is 12.8. The van der Waals surface area contributed by atoms with Gasteiger partial charge in [-0.15, -0.1) is 0 Å². The lowest BCUT2D eigenvalue weighted by Gasteiger charge is -2.24. The molecule has 0 radical (unpaired) electrons. The number of nitrogen functional groups attached to an aromatic ring is 1. The molecule has 0 saturated carbocycles. The normalized spacial score (nSPS) is 10.5. The van der Waals surface area contributed by atoms with Gasteiger partial charge < -0.3 is 15.4 Å². The van der Waals surface area contributed by atoms with Crippen LogP contribution in [0.2, 0.25) is 10.0 Å². The SMILES string of the molecule is NNc1nc(N(CCO)Cc2ccccc2)c(Cl)cc1Cl. The largest absolute Gasteiger partial charge is 0.395 e. The molecule has 0 aliphatic carbocycles. The number of aliphatic hydroxyl groups excluding tert-OH is 1. The van der Waals surface area contributed by atoms with Crippen LogP contribution in [0, 0.1) is 0 Å². The van der Waals surface area contributed by atoms with Crippen molar-refractivity contribution in [1.82, 2.24) is 4.98 Å². The fourth-order valence-electron chi connectivity index (χ4n) is 1.96. The van der Waals surface area contributed by atoms with Crippen molar-refractivity contribution in [2.24, 2.45) is 5.84 Å². The predicted octanol–water partition coefficient (Wildman–Crippen LogP) is 2.67. The number of halogens is 2. The Hall–Kier alpha value is -1.53. The van der Waals surface area contributed by atoms with Gasteiger partial charge in [-0.3, -0.25) is 0 Å². The summed E-state index contributed by atoms with van der Waals surface area (Å²) in [5.74, 6) is 6.25. The maximum atomic E-state index is 9.27. The molecule has 0 unspecified atom stereocenters. The minimum atomic E-state index is -0.0150. The lowest BCUT2D eigenvalue weighted by atomic mass is 10.2. The molecule has 21 heavy (non-hydrogen) atoms. The van der Waals surface area contributed by atoms with Crippen LogP contribution in [0.1, 0.15) is 5.56 Å². The molecule has 112 valence electrons. The van der Waals surface area contributed by atoms with Crippen LogP contribution in [0.3, 0.4) is 0 Å². The van der Waals surface area contributed by atoms with E-state index in [0.29, 0.717) is 34.8 Å². The molecule has 0 atom stereocenters. The Bertz CT molecular complexity index is 595. The molecule has 1 aromatic heterocycles. The molecule has 0 aliphatic rings. The van der Waals surface area contributed by atoms with Crippen LogP contribution in [0.4, 0.5) is 11.6 Å². The van der Waals surface area contributed by atoms with Crippen molar-refractivity contribution in [2.45, 2.75) is 6.54 Å². The number of hydrogen-bond acceptors (Lipinski definition) is 5. The highest BCUT2D eigenvalue weighted by molar-refractivity contribution is 6.37. The first kappa shape index (κ1) is 15.9. The lowest BCUT2D eigenvalue weighted by Crippen LogP contribution is -2.27. The van der Waals surface area contributed by atoms with Crippen molar-refractivity contribution < 1.29 is 5.11 Å². The summed E-state index contributed by atoms with van der Waals surface area (Å²) >= 11 is 12.2. The van der Waals surface area contributed by atoms with Gasteiger partial charge in [0.25, 0.3) is 0 Å². The van der Waals surface area contributed by atoms with Crippen molar-refractivity contribution in [3.63, 3.8) is 0 Å². The van der Waals surface area contributed by atoms with Gasteiger partial charge >= 0.3 is 0 Å². The molecule has 0 aliphatic heterocycles. The second-order valence-electron chi connectivity index (χ2n) is 4.40. The molecule has 2 rings (SSSR count). The summed E-state index contributed by atoms with van der Waals surface area (Å²) in [5, 5.41) is 10.0. The Morgan fingerprint density at radius 2 is 1.90 bits per heavy atom. The van der Waals surface area contributed by atoms with Gasteiger partial charge in [0.15, 0.2) is 5.82 Å². The minimum absolute atomic E-state index is 0.0150. The second kappa shape index (κ2) is 7.47. The number of aromatic nitrogens is 1. The van der Waals surface area contributed by atoms with E-state index in [9.17, 15) is 5.11 Å². The molecule has 4 N–H and O–H groups in total. The number of pyridine rings is 1. The van der Waals surface area contributed by atoms with E-state index in [4.69, 9.17) is 29.0 Å². The van der Waals surface area contributed by atoms with Crippen LogP contribution in [-0.2, 0) is 6.54 Å². The lowest BCUT2D eigenvalue weighted by molar-refractivity contribution is 0.301. The summed E-state index contributed by atoms with van der Waals surface area (Å²) in [4.78, 5) is 6.19. The van der Waals surface area contributed by atoms with Crippen molar-refractivity contribution in [2.75, 3.05) is 23.5 Å². The Morgan fingerprint density at radius 3 is 2.52 bits per heavy atom. The van der Waals surface area contributed by atoms with Crippen molar-refractivity contribution in [1.29, 1.82) is 0 Å². The first-order chi connectivity index (χ1) is 10.2. The van der Waals surface area contributed by atoms with Crippen molar-refractivity contribution in [3.05, 3.63) is 52.0 Å². The molecule has 5 nitrogen and oxygen atoms in total. The standard InChI is InChI=1S/C14H16Cl2N4O/c15-11-8-12(16)14(18-13(11)19-17)20(6-7-21)9-10-4-2-1-3-5-10/h1-5,8,21H,6-7,9,17H2,(H,18,19). The number of benzene rings is 1. The number of aliphatic hydroxyl groups is 1. The Morgan fingerprint density at radius 1 is 1.19 bits per heavy atom. The minimum Gasteiger partial charge on any atom is -0.395 e. The molecular formula is C14H16Cl2N4O. The van der Waals surface area contributed by atoms with Crippen LogP contribution in [-0.4, -0.2) is 23.2 Å². The molecule has 0 spiro atoms. The number of nitrogens with zero attached hydrogens (tertiary/aromatic N) is 2. The van der Waals surface area contributed by atoms with Crippen LogP contribution >= 0.6 is 23.2 Å². The number of nitrogens with two attached hydrogens (primary N) is 1. The molecule has 0 fully saturated rings. The van der Waals surface area contributed by atoms with Crippen molar-refractivity contribution in [3.8, 4) is 0 Å². The van der Waals surface area contributed by atoms with Gasteiger partial charge in [-0.05, 0) is 11.6 Å². The van der Waals surface area contributed by atoms with Crippen LogP contribution < -0.4 is 16.2 Å². The van der Waals surface area contributed by atoms with E-state index in [1.807, 2.05) is 35.2 Å².